The molecule has 2 heterocycles. The van der Waals surface area contributed by atoms with Gasteiger partial charge in [0, 0.05) is 5.39 Å². The van der Waals surface area contributed by atoms with Crippen LogP contribution in [0.5, 0.6) is 0 Å². The van der Waals surface area contributed by atoms with Gasteiger partial charge in [0.15, 0.2) is 0 Å². The standard InChI is InChI=1S/C11H8ClN3/c1-7-14-13-6-10-11(12)8-4-2-3-5-9(8)15(7)10/h2-6H,1H3. The van der Waals surface area contributed by atoms with E-state index in [2.05, 4.69) is 10.2 Å². The summed E-state index contributed by atoms with van der Waals surface area (Å²) in [5.74, 6) is 0.843. The van der Waals surface area contributed by atoms with Crippen molar-refractivity contribution in [3.8, 4) is 0 Å². The molecular formula is C11H8ClN3. The fourth-order valence-corrected chi connectivity index (χ4v) is 2.19. The zero-order valence-electron chi connectivity index (χ0n) is 8.11. The first-order valence-electron chi connectivity index (χ1n) is 4.66. The van der Waals surface area contributed by atoms with Crippen LogP contribution in [0.3, 0.4) is 0 Å². The van der Waals surface area contributed by atoms with Crippen molar-refractivity contribution in [2.45, 2.75) is 6.92 Å². The first-order valence-corrected chi connectivity index (χ1v) is 5.04. The third-order valence-corrected chi connectivity index (χ3v) is 2.95. The second-order valence-corrected chi connectivity index (χ2v) is 3.82. The molecule has 0 N–H and O–H groups in total. The van der Waals surface area contributed by atoms with E-state index in [0.29, 0.717) is 0 Å². The van der Waals surface area contributed by atoms with Crippen LogP contribution >= 0.6 is 11.6 Å². The summed E-state index contributed by atoms with van der Waals surface area (Å²) in [6, 6.07) is 8.00. The smallest absolute Gasteiger partial charge is 0.133 e. The van der Waals surface area contributed by atoms with Crippen molar-refractivity contribution in [3.63, 3.8) is 0 Å². The van der Waals surface area contributed by atoms with Gasteiger partial charge in [-0.25, -0.2) is 0 Å². The summed E-state index contributed by atoms with van der Waals surface area (Å²) in [6.45, 7) is 1.92. The van der Waals surface area contributed by atoms with E-state index in [1.165, 1.54) is 0 Å². The maximum absolute atomic E-state index is 6.27. The lowest BCUT2D eigenvalue weighted by Gasteiger charge is -1.98. The highest BCUT2D eigenvalue weighted by atomic mass is 35.5. The normalized spacial score (nSPS) is 11.3. The van der Waals surface area contributed by atoms with Crippen LogP contribution in [-0.4, -0.2) is 14.6 Å². The van der Waals surface area contributed by atoms with E-state index in [-0.39, 0.29) is 0 Å². The molecule has 0 radical (unpaired) electrons. The molecule has 3 aromatic rings. The van der Waals surface area contributed by atoms with E-state index >= 15 is 0 Å². The molecule has 0 fully saturated rings. The number of nitrogens with zero attached hydrogens (tertiary/aromatic N) is 3. The fraction of sp³-hybridized carbons (Fsp3) is 0.0909. The molecule has 0 spiro atoms. The number of rotatable bonds is 0. The highest BCUT2D eigenvalue weighted by Gasteiger charge is 2.10. The maximum Gasteiger partial charge on any atom is 0.133 e. The summed E-state index contributed by atoms with van der Waals surface area (Å²) in [5.41, 5.74) is 1.98. The molecule has 0 amide bonds. The Morgan fingerprint density at radius 1 is 1.20 bits per heavy atom. The van der Waals surface area contributed by atoms with Gasteiger partial charge in [-0.2, -0.15) is 5.10 Å². The molecule has 4 heteroatoms. The molecule has 3 nitrogen and oxygen atoms in total. The third-order valence-electron chi connectivity index (χ3n) is 2.55. The van der Waals surface area contributed by atoms with Crippen LogP contribution in [0.2, 0.25) is 5.02 Å². The first kappa shape index (κ1) is 8.68. The van der Waals surface area contributed by atoms with E-state index in [1.54, 1.807) is 6.20 Å². The number of hydrogen-bond acceptors (Lipinski definition) is 2. The van der Waals surface area contributed by atoms with Gasteiger partial charge in [-0.15, -0.1) is 5.10 Å². The van der Waals surface area contributed by atoms with Crippen molar-refractivity contribution in [1.82, 2.24) is 14.6 Å². The second kappa shape index (κ2) is 2.94. The number of halogens is 1. The van der Waals surface area contributed by atoms with Crippen LogP contribution in [0, 0.1) is 6.92 Å². The van der Waals surface area contributed by atoms with Gasteiger partial charge in [-0.3, -0.25) is 4.40 Å². The molecule has 0 saturated heterocycles. The lowest BCUT2D eigenvalue weighted by molar-refractivity contribution is 0.897. The van der Waals surface area contributed by atoms with Crippen LogP contribution in [0.15, 0.2) is 30.5 Å². The summed E-state index contributed by atoms with van der Waals surface area (Å²) in [7, 11) is 0. The zero-order chi connectivity index (χ0) is 10.4. The topological polar surface area (TPSA) is 30.2 Å². The van der Waals surface area contributed by atoms with Crippen molar-refractivity contribution < 1.29 is 0 Å². The number of aryl methyl sites for hydroxylation is 1. The number of fused-ring (bicyclic) bond motifs is 3. The molecule has 0 saturated carbocycles. The van der Waals surface area contributed by atoms with E-state index in [9.17, 15) is 0 Å². The molecule has 0 unspecified atom stereocenters. The molecule has 15 heavy (non-hydrogen) atoms. The zero-order valence-corrected chi connectivity index (χ0v) is 8.86. The van der Waals surface area contributed by atoms with Crippen LogP contribution in [0.25, 0.3) is 16.4 Å². The summed E-state index contributed by atoms with van der Waals surface area (Å²) in [5, 5.41) is 9.72. The van der Waals surface area contributed by atoms with Gasteiger partial charge in [0.25, 0.3) is 0 Å². The molecular weight excluding hydrogens is 210 g/mol. The highest BCUT2D eigenvalue weighted by Crippen LogP contribution is 2.30. The van der Waals surface area contributed by atoms with E-state index in [1.807, 2.05) is 35.6 Å². The van der Waals surface area contributed by atoms with Crippen molar-refractivity contribution in [3.05, 3.63) is 41.3 Å². The fourth-order valence-electron chi connectivity index (χ4n) is 1.90. The average Bonchev–Trinajstić information content (AvgIpc) is 2.55. The minimum atomic E-state index is 0.739. The maximum atomic E-state index is 6.27. The van der Waals surface area contributed by atoms with Gasteiger partial charge in [0.1, 0.15) is 5.82 Å². The number of hydrogen-bond donors (Lipinski definition) is 0. The molecule has 0 aliphatic rings. The molecule has 0 aliphatic carbocycles. The Kier molecular flexibility index (Phi) is 1.70. The number of para-hydroxylation sites is 1. The summed E-state index contributed by atoms with van der Waals surface area (Å²) in [4.78, 5) is 0. The average molecular weight is 218 g/mol. The Morgan fingerprint density at radius 3 is 2.87 bits per heavy atom. The Bertz CT molecular complexity index is 657. The molecule has 74 valence electrons. The summed E-state index contributed by atoms with van der Waals surface area (Å²) >= 11 is 6.27. The predicted molar refractivity (Wildman–Crippen MR) is 60.2 cm³/mol. The van der Waals surface area contributed by atoms with Crippen LogP contribution in [0.1, 0.15) is 5.82 Å². The Hall–Kier alpha value is -1.61. The quantitative estimate of drug-likeness (QED) is 0.580. The number of aromatic nitrogens is 3. The van der Waals surface area contributed by atoms with Gasteiger partial charge in [0.05, 0.1) is 22.3 Å². The molecule has 3 rings (SSSR count). The van der Waals surface area contributed by atoms with Crippen LogP contribution in [-0.2, 0) is 0 Å². The summed E-state index contributed by atoms with van der Waals surface area (Å²) in [6.07, 6.45) is 1.69. The lowest BCUT2D eigenvalue weighted by atomic mass is 10.2. The third kappa shape index (κ3) is 1.07. The minimum absolute atomic E-state index is 0.739. The minimum Gasteiger partial charge on any atom is -0.293 e. The monoisotopic (exact) mass is 217 g/mol. The molecule has 0 aliphatic heterocycles. The Labute approximate surface area is 91.3 Å². The van der Waals surface area contributed by atoms with E-state index in [4.69, 9.17) is 11.6 Å². The van der Waals surface area contributed by atoms with Crippen molar-refractivity contribution in [2.75, 3.05) is 0 Å². The molecule has 1 aromatic carbocycles. The number of benzene rings is 1. The van der Waals surface area contributed by atoms with E-state index in [0.717, 1.165) is 27.3 Å². The van der Waals surface area contributed by atoms with Crippen molar-refractivity contribution in [1.29, 1.82) is 0 Å². The van der Waals surface area contributed by atoms with Gasteiger partial charge >= 0.3 is 0 Å². The predicted octanol–water partition coefficient (Wildman–Crippen LogP) is 2.84. The van der Waals surface area contributed by atoms with Gasteiger partial charge in [-0.1, -0.05) is 29.8 Å². The molecule has 2 aromatic heterocycles. The van der Waals surface area contributed by atoms with Crippen LogP contribution < -0.4 is 0 Å². The van der Waals surface area contributed by atoms with Gasteiger partial charge in [-0.05, 0) is 13.0 Å². The SMILES string of the molecule is Cc1nncc2c(Cl)c3ccccc3n12. The van der Waals surface area contributed by atoms with Gasteiger partial charge < -0.3 is 0 Å². The molecule has 0 atom stereocenters. The van der Waals surface area contributed by atoms with E-state index < -0.39 is 0 Å². The van der Waals surface area contributed by atoms with Crippen LogP contribution in [0.4, 0.5) is 0 Å². The van der Waals surface area contributed by atoms with Gasteiger partial charge in [0.2, 0.25) is 0 Å². The molecule has 0 bridgehead atoms. The van der Waals surface area contributed by atoms with Crippen molar-refractivity contribution in [2.24, 2.45) is 0 Å². The Morgan fingerprint density at radius 2 is 2.00 bits per heavy atom. The largest absolute Gasteiger partial charge is 0.293 e. The lowest BCUT2D eigenvalue weighted by Crippen LogP contribution is -1.96. The second-order valence-electron chi connectivity index (χ2n) is 3.44. The first-order chi connectivity index (χ1) is 7.29. The highest BCUT2D eigenvalue weighted by molar-refractivity contribution is 6.39. The Balaban J connectivity index is 2.70. The summed E-state index contributed by atoms with van der Waals surface area (Å²) < 4.78 is 2.02. The van der Waals surface area contributed by atoms with Crippen molar-refractivity contribution >= 4 is 28.0 Å².